The SMILES string of the molecule is CC[C@H](C)[C@H](NC1(CNC(=O)[C@@H]([NH3+])CC(C)C)COC1)C(=O)[O-].CC[C@H](C)[C@H](NC1(CNC(=O)[C@@H]([NH3+])CC(C)C)COC1)C(=O)[O-].CC[C@H](C)[C@H](NC1(CNC(=O)[C@@H]([NH3+])CC(C)C)COC1)C(=O)[O-].CC[C@H](C)[C@H](NC1(CNC(=O)[C@@H]([NH3+])CC(C)C)COC1)C(=O)[O-]. The lowest BCUT2D eigenvalue weighted by molar-refractivity contribution is -0.407. The van der Waals surface area contributed by atoms with Gasteiger partial charge in [-0.2, -0.15) is 0 Å². The highest BCUT2D eigenvalue weighted by atomic mass is 16.5. The molecule has 4 fully saturated rings. The number of quaternary nitrogens is 4. The monoisotopic (exact) mass is 1320 g/mol. The Labute approximate surface area is 547 Å². The standard InChI is InChI=1S/4C16H31N3O4/c4*1-5-11(4)13(15(21)22)19-16(8-23-9-16)7-18-14(20)12(17)6-10(2)3/h4*10-13,19H,5-9,17H2,1-4H3,(H,18,20)(H,21,22)/t4*11-,12-,13-/m0000/s1. The van der Waals surface area contributed by atoms with Gasteiger partial charge < -0.3 is 103 Å². The molecule has 0 aliphatic carbocycles. The van der Waals surface area contributed by atoms with E-state index < -0.39 is 70.2 Å². The van der Waals surface area contributed by atoms with E-state index in [1.54, 1.807) is 0 Å². The van der Waals surface area contributed by atoms with Crippen LogP contribution in [0.15, 0.2) is 0 Å². The number of hydrogen-bond acceptors (Lipinski definition) is 20. The van der Waals surface area contributed by atoms with Gasteiger partial charge in [0.15, 0.2) is 24.2 Å². The molecule has 28 nitrogen and oxygen atoms in total. The molecular formula is C64H124N12O16. The Hall–Kier alpha value is -4.72. The van der Waals surface area contributed by atoms with E-state index in [-0.39, 0.29) is 71.5 Å². The van der Waals surface area contributed by atoms with Crippen molar-refractivity contribution in [2.24, 2.45) is 47.3 Å². The van der Waals surface area contributed by atoms with Gasteiger partial charge in [-0.15, -0.1) is 0 Å². The molecule has 0 aromatic heterocycles. The first kappa shape index (κ1) is 85.3. The van der Waals surface area contributed by atoms with Crippen molar-refractivity contribution in [2.75, 3.05) is 79.0 Å². The summed E-state index contributed by atoms with van der Waals surface area (Å²) in [6.07, 6.45) is 5.78. The molecule has 12 atom stereocenters. The highest BCUT2D eigenvalue weighted by Crippen LogP contribution is 2.24. The van der Waals surface area contributed by atoms with Gasteiger partial charge >= 0.3 is 0 Å². The Morgan fingerprint density at radius 1 is 0.326 bits per heavy atom. The predicted octanol–water partition coefficient (Wildman–Crippen LogP) is -6.87. The zero-order chi connectivity index (χ0) is 70.5. The van der Waals surface area contributed by atoms with E-state index in [4.69, 9.17) is 18.9 Å². The lowest BCUT2D eigenvalue weighted by Crippen LogP contribution is -2.73. The van der Waals surface area contributed by atoms with Gasteiger partial charge in [0, 0.05) is 76.0 Å². The van der Waals surface area contributed by atoms with Crippen molar-refractivity contribution in [1.29, 1.82) is 0 Å². The van der Waals surface area contributed by atoms with Crippen LogP contribution < -0.4 is 85.9 Å². The number of nitrogens with one attached hydrogen (secondary N) is 8. The van der Waals surface area contributed by atoms with Gasteiger partial charge in [-0.3, -0.25) is 40.4 Å². The van der Waals surface area contributed by atoms with E-state index in [0.29, 0.717) is 103 Å². The summed E-state index contributed by atoms with van der Waals surface area (Å²) in [5.41, 5.74) is 13.4. The Morgan fingerprint density at radius 2 is 0.478 bits per heavy atom. The lowest BCUT2D eigenvalue weighted by atomic mass is 9.91. The molecular weight excluding hydrogens is 1190 g/mol. The quantitative estimate of drug-likeness (QED) is 0.0271. The molecule has 4 rings (SSSR count). The maximum Gasteiger partial charge on any atom is 0.278 e. The third kappa shape index (κ3) is 29.5. The third-order valence-electron chi connectivity index (χ3n) is 17.7. The van der Waals surface area contributed by atoms with E-state index in [2.05, 4.69) is 65.5 Å². The van der Waals surface area contributed by atoms with Crippen LogP contribution in [0.1, 0.15) is 162 Å². The van der Waals surface area contributed by atoms with Gasteiger partial charge in [0.1, 0.15) is 0 Å². The molecule has 20 N–H and O–H groups in total. The van der Waals surface area contributed by atoms with Crippen LogP contribution in [0.5, 0.6) is 0 Å². The minimum Gasteiger partial charge on any atom is -0.548 e. The van der Waals surface area contributed by atoms with Crippen LogP contribution in [0.2, 0.25) is 0 Å². The number of aliphatic carboxylic acids is 4. The molecule has 0 radical (unpaired) electrons. The van der Waals surface area contributed by atoms with E-state index in [1.165, 1.54) is 0 Å². The fourth-order valence-corrected chi connectivity index (χ4v) is 10.6. The molecule has 0 unspecified atom stereocenters. The number of hydrogen-bond donors (Lipinski definition) is 12. The molecule has 0 spiro atoms. The van der Waals surface area contributed by atoms with Gasteiger partial charge in [-0.05, 0) is 47.3 Å². The van der Waals surface area contributed by atoms with Gasteiger partial charge in [-0.1, -0.05) is 136 Å². The molecule has 28 heteroatoms. The summed E-state index contributed by atoms with van der Waals surface area (Å²) in [7, 11) is 0. The maximum atomic E-state index is 12.1. The van der Waals surface area contributed by atoms with Crippen molar-refractivity contribution in [2.45, 2.75) is 233 Å². The highest BCUT2D eigenvalue weighted by Gasteiger charge is 2.46. The average Bonchev–Trinajstić information content (AvgIpc) is 0.845. The van der Waals surface area contributed by atoms with Crippen molar-refractivity contribution in [3.05, 3.63) is 0 Å². The third-order valence-corrected chi connectivity index (χ3v) is 17.7. The number of carbonyl (C=O) groups excluding carboxylic acids is 8. The highest BCUT2D eigenvalue weighted by molar-refractivity contribution is 5.82. The van der Waals surface area contributed by atoms with E-state index in [1.807, 2.05) is 111 Å². The largest absolute Gasteiger partial charge is 0.548 e. The Balaban J connectivity index is 0.000000613. The molecule has 4 heterocycles. The van der Waals surface area contributed by atoms with Gasteiger partial charge in [-0.25, -0.2) is 0 Å². The van der Waals surface area contributed by atoms with Crippen molar-refractivity contribution < 1.29 is 101 Å². The summed E-state index contributed by atoms with van der Waals surface area (Å²) in [6, 6.07) is -4.25. The van der Waals surface area contributed by atoms with Crippen LogP contribution in [0.4, 0.5) is 0 Å². The van der Waals surface area contributed by atoms with Crippen molar-refractivity contribution >= 4 is 47.5 Å². The summed E-state index contributed by atoms with van der Waals surface area (Å²) in [4.78, 5) is 93.9. The van der Waals surface area contributed by atoms with Crippen LogP contribution in [-0.2, 0) is 57.3 Å². The lowest BCUT2D eigenvalue weighted by Gasteiger charge is -2.46. The molecule has 92 heavy (non-hydrogen) atoms. The Kier molecular flexibility index (Phi) is 38.3. The zero-order valence-corrected chi connectivity index (χ0v) is 58.7. The first-order valence-electron chi connectivity index (χ1n) is 33.5. The smallest absolute Gasteiger partial charge is 0.278 e. The number of rotatable bonds is 40. The number of carboxylic acid groups (broad SMARTS) is 4. The summed E-state index contributed by atoms with van der Waals surface area (Å²) >= 11 is 0. The summed E-state index contributed by atoms with van der Waals surface area (Å²) in [6.45, 7) is 35.9. The molecule has 4 aliphatic heterocycles. The molecule has 4 saturated heterocycles. The van der Waals surface area contributed by atoms with Crippen LogP contribution in [-0.4, -0.2) is 197 Å². The molecule has 536 valence electrons. The second kappa shape index (κ2) is 41.3. The normalized spacial score (nSPS) is 20.4. The Morgan fingerprint density at radius 3 is 0.576 bits per heavy atom. The topological polar surface area (TPSA) is 473 Å². The number of carbonyl (C=O) groups is 8. The average molecular weight is 1320 g/mol. The fraction of sp³-hybridized carbons (Fsp3) is 0.875. The van der Waals surface area contributed by atoms with Crippen LogP contribution in [0.3, 0.4) is 0 Å². The van der Waals surface area contributed by atoms with Crippen LogP contribution >= 0.6 is 0 Å². The molecule has 4 amide bonds. The number of carboxylic acids is 4. The van der Waals surface area contributed by atoms with Crippen molar-refractivity contribution in [3.8, 4) is 0 Å². The van der Waals surface area contributed by atoms with Gasteiger partial charge in [0.05, 0.1) is 98.9 Å². The van der Waals surface area contributed by atoms with Gasteiger partial charge in [0.25, 0.3) is 23.6 Å². The molecule has 0 aromatic carbocycles. The van der Waals surface area contributed by atoms with Crippen molar-refractivity contribution in [3.63, 3.8) is 0 Å². The molecule has 0 bridgehead atoms. The zero-order valence-electron chi connectivity index (χ0n) is 58.7. The molecule has 4 aliphatic rings. The molecule has 0 saturated carbocycles. The van der Waals surface area contributed by atoms with E-state index in [0.717, 1.165) is 51.4 Å². The van der Waals surface area contributed by atoms with E-state index in [9.17, 15) is 58.8 Å². The molecule has 0 aromatic rings. The Bertz CT molecular complexity index is 1940. The summed E-state index contributed by atoms with van der Waals surface area (Å²) < 4.78 is 21.0. The van der Waals surface area contributed by atoms with Gasteiger partial charge in [0.2, 0.25) is 0 Å². The first-order chi connectivity index (χ1) is 42.8. The van der Waals surface area contributed by atoms with Crippen LogP contribution in [0, 0.1) is 47.3 Å². The number of amides is 4. The second-order valence-electron chi connectivity index (χ2n) is 28.6. The maximum absolute atomic E-state index is 12.1. The second-order valence-corrected chi connectivity index (χ2v) is 28.6. The summed E-state index contributed by atoms with van der Waals surface area (Å²) in [5, 5.41) is 69.5. The fourth-order valence-electron chi connectivity index (χ4n) is 10.6. The minimum atomic E-state index is -1.12. The summed E-state index contributed by atoms with van der Waals surface area (Å²) in [5.74, 6) is -3.57. The first-order valence-corrected chi connectivity index (χ1v) is 33.5. The predicted molar refractivity (Wildman–Crippen MR) is 336 cm³/mol. The number of ether oxygens (including phenoxy) is 4. The van der Waals surface area contributed by atoms with Crippen LogP contribution in [0.25, 0.3) is 0 Å². The van der Waals surface area contributed by atoms with E-state index >= 15 is 0 Å². The minimum absolute atomic E-state index is 0.0605. The van der Waals surface area contributed by atoms with Crippen molar-refractivity contribution in [1.82, 2.24) is 42.5 Å².